The Kier molecular flexibility index (Phi) is 8.54. The summed E-state index contributed by atoms with van der Waals surface area (Å²) in [5, 5.41) is 15.7. The highest BCUT2D eigenvalue weighted by Gasteiger charge is 2.21. The van der Waals surface area contributed by atoms with E-state index in [2.05, 4.69) is 27.4 Å². The van der Waals surface area contributed by atoms with E-state index in [-0.39, 0.29) is 29.7 Å². The number of carbonyl (C=O) groups excluding carboxylic acids is 2. The maximum Gasteiger partial charge on any atom is 0.251 e. The van der Waals surface area contributed by atoms with Crippen LogP contribution >= 0.6 is 23.4 Å². The van der Waals surface area contributed by atoms with Crippen LogP contribution in [0.15, 0.2) is 42.1 Å². The second kappa shape index (κ2) is 11.3. The molecule has 2 N–H and O–H groups in total. The first-order chi connectivity index (χ1) is 15.0. The van der Waals surface area contributed by atoms with Crippen molar-refractivity contribution in [2.45, 2.75) is 62.8 Å². The monoisotopic (exact) mass is 461 g/mol. The van der Waals surface area contributed by atoms with Gasteiger partial charge in [0.15, 0.2) is 11.0 Å². The molecule has 2 amide bonds. The zero-order chi connectivity index (χ0) is 22.2. The molecule has 0 aliphatic heterocycles. The molecule has 1 aromatic heterocycles. The second-order valence-electron chi connectivity index (χ2n) is 7.64. The zero-order valence-electron chi connectivity index (χ0n) is 17.6. The van der Waals surface area contributed by atoms with Crippen molar-refractivity contribution < 1.29 is 9.59 Å². The van der Waals surface area contributed by atoms with Gasteiger partial charge in [-0.05, 0) is 38.0 Å². The number of hydrogen-bond donors (Lipinski definition) is 2. The number of aromatic nitrogens is 3. The highest BCUT2D eigenvalue weighted by molar-refractivity contribution is 7.99. The first-order valence-electron chi connectivity index (χ1n) is 10.5. The van der Waals surface area contributed by atoms with Crippen LogP contribution in [0.25, 0.3) is 0 Å². The predicted octanol–water partition coefficient (Wildman–Crippen LogP) is 4.15. The number of carbonyl (C=O) groups is 2. The van der Waals surface area contributed by atoms with Crippen molar-refractivity contribution >= 4 is 35.2 Å². The van der Waals surface area contributed by atoms with Crippen LogP contribution in [0.2, 0.25) is 5.02 Å². The highest BCUT2D eigenvalue weighted by Crippen LogP contribution is 2.22. The highest BCUT2D eigenvalue weighted by atomic mass is 35.5. The summed E-state index contributed by atoms with van der Waals surface area (Å²) in [5.74, 6) is 0.637. The summed E-state index contributed by atoms with van der Waals surface area (Å²) in [6, 6.07) is 6.67. The zero-order valence-corrected chi connectivity index (χ0v) is 19.2. The van der Waals surface area contributed by atoms with Gasteiger partial charge in [-0.1, -0.05) is 54.8 Å². The topological polar surface area (TPSA) is 88.9 Å². The fraction of sp³-hybridized carbons (Fsp3) is 0.455. The van der Waals surface area contributed by atoms with Crippen molar-refractivity contribution in [1.82, 2.24) is 25.4 Å². The molecule has 166 valence electrons. The lowest BCUT2D eigenvalue weighted by molar-refractivity contribution is -0.119. The van der Waals surface area contributed by atoms with Crippen molar-refractivity contribution in [1.29, 1.82) is 0 Å². The van der Waals surface area contributed by atoms with E-state index in [4.69, 9.17) is 11.6 Å². The molecule has 7 nitrogen and oxygen atoms in total. The van der Waals surface area contributed by atoms with E-state index in [9.17, 15) is 9.59 Å². The first kappa shape index (κ1) is 23.3. The Bertz CT molecular complexity index is 926. The number of nitrogens with one attached hydrogen (secondary N) is 2. The molecule has 1 unspecified atom stereocenters. The fourth-order valence-corrected chi connectivity index (χ4v) is 4.60. The summed E-state index contributed by atoms with van der Waals surface area (Å²) in [4.78, 5) is 24.9. The van der Waals surface area contributed by atoms with E-state index in [1.54, 1.807) is 30.3 Å². The van der Waals surface area contributed by atoms with Gasteiger partial charge in [-0.3, -0.25) is 9.59 Å². The van der Waals surface area contributed by atoms with Gasteiger partial charge in [-0.2, -0.15) is 0 Å². The molecule has 1 atom stereocenters. The minimum Gasteiger partial charge on any atom is -0.353 e. The SMILES string of the molecule is C=CCn1c(SCC(=O)NC2CCCCC2)nnc1C(C)NC(=O)c1cccc(Cl)c1. The molecule has 1 saturated carbocycles. The van der Waals surface area contributed by atoms with Crippen LogP contribution in [0.5, 0.6) is 0 Å². The maximum absolute atomic E-state index is 12.6. The summed E-state index contributed by atoms with van der Waals surface area (Å²) in [6.07, 6.45) is 7.45. The van der Waals surface area contributed by atoms with E-state index < -0.39 is 0 Å². The van der Waals surface area contributed by atoms with Crippen molar-refractivity contribution in [3.8, 4) is 0 Å². The lowest BCUT2D eigenvalue weighted by Gasteiger charge is -2.22. The number of thioether (sulfide) groups is 1. The van der Waals surface area contributed by atoms with Gasteiger partial charge >= 0.3 is 0 Å². The molecule has 0 bridgehead atoms. The van der Waals surface area contributed by atoms with Gasteiger partial charge in [0.2, 0.25) is 5.91 Å². The Morgan fingerprint density at radius 2 is 2.10 bits per heavy atom. The molecule has 31 heavy (non-hydrogen) atoms. The average molecular weight is 462 g/mol. The molecule has 1 heterocycles. The van der Waals surface area contributed by atoms with E-state index in [1.807, 2.05) is 11.5 Å². The molecule has 3 rings (SSSR count). The van der Waals surface area contributed by atoms with Crippen LogP contribution in [0, 0.1) is 0 Å². The van der Waals surface area contributed by atoms with E-state index >= 15 is 0 Å². The van der Waals surface area contributed by atoms with Gasteiger partial charge in [0.05, 0.1) is 11.8 Å². The maximum atomic E-state index is 12.6. The van der Waals surface area contributed by atoms with Crippen molar-refractivity contribution in [2.75, 3.05) is 5.75 Å². The van der Waals surface area contributed by atoms with Gasteiger partial charge in [0.1, 0.15) is 0 Å². The smallest absolute Gasteiger partial charge is 0.251 e. The third kappa shape index (κ3) is 6.58. The van der Waals surface area contributed by atoms with E-state index in [0.717, 1.165) is 12.8 Å². The number of allylic oxidation sites excluding steroid dienone is 1. The molecular formula is C22H28ClN5O2S. The number of nitrogens with zero attached hydrogens (tertiary/aromatic N) is 3. The molecule has 2 aromatic rings. The number of rotatable bonds is 9. The lowest BCUT2D eigenvalue weighted by Crippen LogP contribution is -2.37. The summed E-state index contributed by atoms with van der Waals surface area (Å²) in [7, 11) is 0. The number of hydrogen-bond acceptors (Lipinski definition) is 5. The summed E-state index contributed by atoms with van der Waals surface area (Å²) >= 11 is 7.32. The Balaban J connectivity index is 1.62. The number of amides is 2. The fourth-order valence-electron chi connectivity index (χ4n) is 3.65. The van der Waals surface area contributed by atoms with E-state index in [1.165, 1.54) is 31.0 Å². The molecule has 0 spiro atoms. The van der Waals surface area contributed by atoms with Gasteiger partial charge in [0, 0.05) is 23.2 Å². The minimum absolute atomic E-state index is 0.00825. The number of halogens is 1. The third-order valence-electron chi connectivity index (χ3n) is 5.18. The number of benzene rings is 1. The Morgan fingerprint density at radius 1 is 1.32 bits per heavy atom. The summed E-state index contributed by atoms with van der Waals surface area (Å²) in [5.41, 5.74) is 0.475. The molecule has 1 aliphatic rings. The molecule has 9 heteroatoms. The van der Waals surface area contributed by atoms with Crippen LogP contribution in [0.3, 0.4) is 0 Å². The molecule has 0 radical (unpaired) electrons. The molecule has 0 saturated heterocycles. The Morgan fingerprint density at radius 3 is 2.81 bits per heavy atom. The standard InChI is InChI=1S/C22H28ClN5O2S/c1-3-12-28-20(15(2)24-21(30)16-8-7-9-17(23)13-16)26-27-22(28)31-14-19(29)25-18-10-5-4-6-11-18/h3,7-9,13,15,18H,1,4-6,10-12,14H2,2H3,(H,24,30)(H,25,29). The summed E-state index contributed by atoms with van der Waals surface area (Å²) < 4.78 is 1.87. The van der Waals surface area contributed by atoms with Crippen LogP contribution in [0.1, 0.15) is 61.3 Å². The van der Waals surface area contributed by atoms with E-state index in [0.29, 0.717) is 28.1 Å². The lowest BCUT2D eigenvalue weighted by atomic mass is 9.95. The molecule has 1 aliphatic carbocycles. The first-order valence-corrected chi connectivity index (χ1v) is 11.9. The van der Waals surface area contributed by atoms with Gasteiger partial charge in [-0.15, -0.1) is 16.8 Å². The normalized spacial score (nSPS) is 15.3. The Labute approximate surface area is 192 Å². The molecule has 1 fully saturated rings. The predicted molar refractivity (Wildman–Crippen MR) is 123 cm³/mol. The van der Waals surface area contributed by atoms with Gasteiger partial charge in [0.25, 0.3) is 5.91 Å². The van der Waals surface area contributed by atoms with Crippen LogP contribution in [-0.2, 0) is 11.3 Å². The average Bonchev–Trinajstić information content (AvgIpc) is 3.16. The van der Waals surface area contributed by atoms with Crippen molar-refractivity contribution in [3.63, 3.8) is 0 Å². The van der Waals surface area contributed by atoms with Gasteiger partial charge in [-0.25, -0.2) is 0 Å². The second-order valence-corrected chi connectivity index (χ2v) is 9.02. The van der Waals surface area contributed by atoms with Crippen LogP contribution in [0.4, 0.5) is 0 Å². The summed E-state index contributed by atoms with van der Waals surface area (Å²) in [6.45, 7) is 6.12. The van der Waals surface area contributed by atoms with Crippen LogP contribution < -0.4 is 10.6 Å². The van der Waals surface area contributed by atoms with Crippen molar-refractivity contribution in [2.24, 2.45) is 0 Å². The minimum atomic E-state index is -0.385. The molecular weight excluding hydrogens is 434 g/mol. The van der Waals surface area contributed by atoms with Crippen molar-refractivity contribution in [3.05, 3.63) is 53.3 Å². The van der Waals surface area contributed by atoms with Crippen LogP contribution in [-0.4, -0.2) is 38.4 Å². The third-order valence-corrected chi connectivity index (χ3v) is 6.38. The largest absolute Gasteiger partial charge is 0.353 e. The molecule has 1 aromatic carbocycles. The quantitative estimate of drug-likeness (QED) is 0.432. The Hall–Kier alpha value is -2.32. The van der Waals surface area contributed by atoms with Gasteiger partial charge < -0.3 is 15.2 Å².